The average molecular weight is 217 g/mol. The number of unbranched alkanes of at least 4 members (excludes halogenated alkanes) is 3. The highest BCUT2D eigenvalue weighted by atomic mass is 16.4. The molecule has 0 aromatic carbocycles. The van der Waals surface area contributed by atoms with Crippen molar-refractivity contribution in [3.63, 3.8) is 0 Å². The van der Waals surface area contributed by atoms with E-state index in [2.05, 4.69) is 6.92 Å². The van der Waals surface area contributed by atoms with Crippen LogP contribution in [0.25, 0.3) is 0 Å². The fourth-order valence-corrected chi connectivity index (χ4v) is 0.877. The summed E-state index contributed by atoms with van der Waals surface area (Å²) >= 11 is 0. The largest absolute Gasteiger partial charge is 0.481 e. The second kappa shape index (κ2) is 12.9. The molecule has 15 heavy (non-hydrogen) atoms. The Morgan fingerprint density at radius 2 is 1.53 bits per heavy atom. The molecule has 4 heteroatoms. The molecule has 4 nitrogen and oxygen atoms in total. The number of primary amides is 1. The SMILES string of the molecule is CCCCC(N)=O.CCCCCC(=O)O. The van der Waals surface area contributed by atoms with Crippen LogP contribution >= 0.6 is 0 Å². The molecular weight excluding hydrogens is 194 g/mol. The number of nitrogens with two attached hydrogens (primary N) is 1. The summed E-state index contributed by atoms with van der Waals surface area (Å²) in [6.07, 6.45) is 5.79. The van der Waals surface area contributed by atoms with Crippen LogP contribution in [0.3, 0.4) is 0 Å². The second-order valence-electron chi connectivity index (χ2n) is 3.42. The van der Waals surface area contributed by atoms with E-state index in [1.165, 1.54) is 0 Å². The number of hydrogen-bond acceptors (Lipinski definition) is 2. The lowest BCUT2D eigenvalue weighted by atomic mass is 10.2. The van der Waals surface area contributed by atoms with Gasteiger partial charge in [-0.15, -0.1) is 0 Å². The van der Waals surface area contributed by atoms with Crippen LogP contribution in [0.15, 0.2) is 0 Å². The molecule has 90 valence electrons. The van der Waals surface area contributed by atoms with Crippen LogP contribution in [-0.4, -0.2) is 17.0 Å². The Hall–Kier alpha value is -1.06. The van der Waals surface area contributed by atoms with Crippen LogP contribution in [-0.2, 0) is 9.59 Å². The molecule has 0 saturated carbocycles. The molecule has 0 rings (SSSR count). The van der Waals surface area contributed by atoms with Gasteiger partial charge in [0.25, 0.3) is 0 Å². The van der Waals surface area contributed by atoms with Crippen LogP contribution < -0.4 is 5.73 Å². The van der Waals surface area contributed by atoms with Gasteiger partial charge in [-0.25, -0.2) is 0 Å². The van der Waals surface area contributed by atoms with Crippen molar-refractivity contribution >= 4 is 11.9 Å². The molecule has 0 aromatic heterocycles. The van der Waals surface area contributed by atoms with E-state index in [1.807, 2.05) is 6.92 Å². The predicted octanol–water partition coefficient (Wildman–Crippen LogP) is 2.31. The minimum Gasteiger partial charge on any atom is -0.481 e. The fourth-order valence-electron chi connectivity index (χ4n) is 0.877. The first-order valence-electron chi connectivity index (χ1n) is 5.54. The third kappa shape index (κ3) is 24.6. The monoisotopic (exact) mass is 217 g/mol. The molecule has 0 radical (unpaired) electrons. The maximum atomic E-state index is 9.98. The predicted molar refractivity (Wildman–Crippen MR) is 60.5 cm³/mol. The lowest BCUT2D eigenvalue weighted by Gasteiger charge is -1.89. The van der Waals surface area contributed by atoms with Gasteiger partial charge in [-0.1, -0.05) is 33.1 Å². The summed E-state index contributed by atoms with van der Waals surface area (Å²) in [6.45, 7) is 4.09. The van der Waals surface area contributed by atoms with Crippen LogP contribution in [0.1, 0.15) is 58.8 Å². The number of carbonyl (C=O) groups is 2. The molecule has 0 bridgehead atoms. The second-order valence-corrected chi connectivity index (χ2v) is 3.42. The number of carbonyl (C=O) groups excluding carboxylic acids is 1. The number of aliphatic carboxylic acids is 1. The Morgan fingerprint density at radius 3 is 1.80 bits per heavy atom. The third-order valence-corrected chi connectivity index (χ3v) is 1.77. The molecule has 1 amide bonds. The number of hydrogen-bond donors (Lipinski definition) is 2. The Kier molecular flexibility index (Phi) is 14.1. The number of carboxylic acid groups (broad SMARTS) is 1. The highest BCUT2D eigenvalue weighted by Crippen LogP contribution is 1.97. The van der Waals surface area contributed by atoms with E-state index in [0.29, 0.717) is 12.8 Å². The van der Waals surface area contributed by atoms with Crippen molar-refractivity contribution < 1.29 is 14.7 Å². The van der Waals surface area contributed by atoms with E-state index >= 15 is 0 Å². The van der Waals surface area contributed by atoms with E-state index < -0.39 is 5.97 Å². The van der Waals surface area contributed by atoms with Crippen molar-refractivity contribution in [2.24, 2.45) is 5.73 Å². The highest BCUT2D eigenvalue weighted by Gasteiger charge is 1.92. The van der Waals surface area contributed by atoms with E-state index in [9.17, 15) is 9.59 Å². The van der Waals surface area contributed by atoms with E-state index in [4.69, 9.17) is 10.8 Å². The molecule has 0 fully saturated rings. The summed E-state index contributed by atoms with van der Waals surface area (Å²) in [4.78, 5) is 19.9. The van der Waals surface area contributed by atoms with Crippen molar-refractivity contribution in [3.8, 4) is 0 Å². The van der Waals surface area contributed by atoms with Crippen molar-refractivity contribution in [1.29, 1.82) is 0 Å². The summed E-state index contributed by atoms with van der Waals surface area (Å²) in [6, 6.07) is 0. The van der Waals surface area contributed by atoms with Crippen LogP contribution in [0.2, 0.25) is 0 Å². The van der Waals surface area contributed by atoms with Crippen LogP contribution in [0, 0.1) is 0 Å². The zero-order valence-electron chi connectivity index (χ0n) is 9.79. The molecule has 0 aliphatic carbocycles. The van der Waals surface area contributed by atoms with Gasteiger partial charge < -0.3 is 10.8 Å². The first kappa shape index (κ1) is 16.4. The van der Waals surface area contributed by atoms with Gasteiger partial charge >= 0.3 is 5.97 Å². The summed E-state index contributed by atoms with van der Waals surface area (Å²) < 4.78 is 0. The van der Waals surface area contributed by atoms with Gasteiger partial charge in [0.1, 0.15) is 0 Å². The molecule has 0 aromatic rings. The van der Waals surface area contributed by atoms with Gasteiger partial charge in [0.15, 0.2) is 0 Å². The quantitative estimate of drug-likeness (QED) is 0.642. The zero-order valence-corrected chi connectivity index (χ0v) is 9.79. The summed E-state index contributed by atoms with van der Waals surface area (Å²) in [5.74, 6) is -0.875. The van der Waals surface area contributed by atoms with Gasteiger partial charge in [0.2, 0.25) is 5.91 Å². The molecule has 0 unspecified atom stereocenters. The first-order valence-corrected chi connectivity index (χ1v) is 5.54. The van der Waals surface area contributed by atoms with Crippen molar-refractivity contribution in [2.45, 2.75) is 58.8 Å². The molecule has 0 spiro atoms. The first-order chi connectivity index (χ1) is 7.04. The Labute approximate surface area is 91.9 Å². The number of amides is 1. The minimum atomic E-state index is -0.682. The normalized spacial score (nSPS) is 8.93. The third-order valence-electron chi connectivity index (χ3n) is 1.77. The Balaban J connectivity index is 0. The lowest BCUT2D eigenvalue weighted by Crippen LogP contribution is -2.09. The summed E-state index contributed by atoms with van der Waals surface area (Å²) in [5, 5.41) is 8.14. The lowest BCUT2D eigenvalue weighted by molar-refractivity contribution is -0.137. The molecule has 0 aliphatic heterocycles. The molecule has 0 aliphatic rings. The van der Waals surface area contributed by atoms with Gasteiger partial charge in [-0.05, 0) is 12.8 Å². The van der Waals surface area contributed by atoms with Crippen molar-refractivity contribution in [3.05, 3.63) is 0 Å². The Bertz CT molecular complexity index is 169. The standard InChI is InChI=1S/C6H12O2.C5H11NO/c1-2-3-4-5-6(7)8;1-2-3-4-5(6)7/h2-5H2,1H3,(H,7,8);2-4H2,1H3,(H2,6,7). The van der Waals surface area contributed by atoms with Gasteiger partial charge in [0, 0.05) is 12.8 Å². The average Bonchev–Trinajstić information content (AvgIpc) is 2.15. The minimum absolute atomic E-state index is 0.193. The zero-order chi connectivity index (χ0) is 12.1. The van der Waals surface area contributed by atoms with Crippen molar-refractivity contribution in [1.82, 2.24) is 0 Å². The van der Waals surface area contributed by atoms with Crippen LogP contribution in [0.4, 0.5) is 0 Å². The van der Waals surface area contributed by atoms with Crippen LogP contribution in [0.5, 0.6) is 0 Å². The van der Waals surface area contributed by atoms with E-state index in [1.54, 1.807) is 0 Å². The highest BCUT2D eigenvalue weighted by molar-refractivity contribution is 5.73. The molecular formula is C11H23NO3. The molecule has 0 saturated heterocycles. The Morgan fingerprint density at radius 1 is 1.00 bits per heavy atom. The number of carboxylic acids is 1. The smallest absolute Gasteiger partial charge is 0.303 e. The topological polar surface area (TPSA) is 80.4 Å². The summed E-state index contributed by atoms with van der Waals surface area (Å²) in [7, 11) is 0. The van der Waals surface area contributed by atoms with Gasteiger partial charge in [0.05, 0.1) is 0 Å². The fraction of sp³-hybridized carbons (Fsp3) is 0.818. The van der Waals surface area contributed by atoms with E-state index in [0.717, 1.165) is 32.1 Å². The molecule has 0 heterocycles. The molecule has 3 N–H and O–H groups in total. The maximum absolute atomic E-state index is 9.98. The molecule has 0 atom stereocenters. The van der Waals surface area contributed by atoms with Gasteiger partial charge in [-0.2, -0.15) is 0 Å². The number of rotatable bonds is 7. The summed E-state index contributed by atoms with van der Waals surface area (Å²) in [5.41, 5.74) is 4.84. The maximum Gasteiger partial charge on any atom is 0.303 e. The van der Waals surface area contributed by atoms with Crippen molar-refractivity contribution in [2.75, 3.05) is 0 Å². The van der Waals surface area contributed by atoms with E-state index in [-0.39, 0.29) is 5.91 Å². The van der Waals surface area contributed by atoms with Gasteiger partial charge in [-0.3, -0.25) is 9.59 Å².